The number of hydrogen-bond donors (Lipinski definition) is 1. The zero-order chi connectivity index (χ0) is 16.4. The first-order chi connectivity index (χ1) is 11.1. The monoisotopic (exact) mass is 318 g/mol. The molecule has 0 aliphatic carbocycles. The summed E-state index contributed by atoms with van der Waals surface area (Å²) >= 11 is 0. The number of fused-ring (bicyclic) bond motifs is 1. The maximum atomic E-state index is 12.7. The maximum absolute atomic E-state index is 12.7. The number of oxazole rings is 1. The summed E-state index contributed by atoms with van der Waals surface area (Å²) in [6.07, 6.45) is 2.85. The molecule has 0 bridgehead atoms. The number of hydrogen-bond acceptors (Lipinski definition) is 5. The molecule has 1 atom stereocenters. The van der Waals surface area contributed by atoms with Crippen molar-refractivity contribution in [2.75, 3.05) is 6.54 Å². The Morgan fingerprint density at radius 2 is 2.26 bits per heavy atom. The van der Waals surface area contributed by atoms with Gasteiger partial charge in [0.1, 0.15) is 5.76 Å². The predicted octanol–water partition coefficient (Wildman–Crippen LogP) is 1.92. The zero-order valence-electron chi connectivity index (χ0n) is 13.5. The molecule has 7 nitrogen and oxygen atoms in total. The molecule has 7 heteroatoms. The summed E-state index contributed by atoms with van der Waals surface area (Å²) in [7, 11) is 0. The second-order valence-corrected chi connectivity index (χ2v) is 5.77. The van der Waals surface area contributed by atoms with E-state index in [0.717, 1.165) is 18.7 Å². The van der Waals surface area contributed by atoms with Crippen molar-refractivity contribution in [3.8, 4) is 0 Å². The minimum absolute atomic E-state index is 0.108. The molecule has 2 aromatic heterocycles. The van der Waals surface area contributed by atoms with Crippen LogP contribution < -0.4 is 0 Å². The van der Waals surface area contributed by atoms with Gasteiger partial charge in [-0.3, -0.25) is 9.48 Å². The lowest BCUT2D eigenvalue weighted by atomic mass is 10.2. The van der Waals surface area contributed by atoms with E-state index in [1.54, 1.807) is 4.90 Å². The molecule has 0 saturated heterocycles. The highest BCUT2D eigenvalue weighted by atomic mass is 16.3. The van der Waals surface area contributed by atoms with Crippen LogP contribution in [0.15, 0.2) is 16.9 Å². The lowest BCUT2D eigenvalue weighted by Crippen LogP contribution is -2.31. The summed E-state index contributed by atoms with van der Waals surface area (Å²) < 4.78 is 7.16. The first-order valence-corrected chi connectivity index (χ1v) is 8.10. The van der Waals surface area contributed by atoms with Crippen LogP contribution in [0, 0.1) is 0 Å². The third kappa shape index (κ3) is 3.01. The molecule has 124 valence electrons. The average Bonchev–Trinajstić information content (AvgIpc) is 3.15. The number of carbonyl (C=O) groups excluding carboxylic acids is 1. The van der Waals surface area contributed by atoms with E-state index in [4.69, 9.17) is 4.42 Å². The van der Waals surface area contributed by atoms with Gasteiger partial charge in [-0.2, -0.15) is 5.10 Å². The van der Waals surface area contributed by atoms with Gasteiger partial charge in [-0.15, -0.1) is 0 Å². The molecule has 1 N–H and O–H groups in total. The molecule has 23 heavy (non-hydrogen) atoms. The number of aromatic nitrogens is 3. The smallest absolute Gasteiger partial charge is 0.276 e. The largest absolute Gasteiger partial charge is 0.448 e. The van der Waals surface area contributed by atoms with E-state index in [0.29, 0.717) is 43.1 Å². The Morgan fingerprint density at radius 3 is 3.00 bits per heavy atom. The van der Waals surface area contributed by atoms with Gasteiger partial charge in [-0.25, -0.2) is 4.98 Å². The second kappa shape index (κ2) is 6.54. The van der Waals surface area contributed by atoms with Crippen molar-refractivity contribution in [3.63, 3.8) is 0 Å². The van der Waals surface area contributed by atoms with E-state index in [-0.39, 0.29) is 5.91 Å². The fourth-order valence-electron chi connectivity index (χ4n) is 2.88. The predicted molar refractivity (Wildman–Crippen MR) is 82.7 cm³/mol. The highest BCUT2D eigenvalue weighted by Gasteiger charge is 2.26. The van der Waals surface area contributed by atoms with Crippen LogP contribution >= 0.6 is 0 Å². The van der Waals surface area contributed by atoms with Crippen molar-refractivity contribution in [3.05, 3.63) is 35.3 Å². The van der Waals surface area contributed by atoms with Crippen molar-refractivity contribution in [2.45, 2.75) is 52.3 Å². The zero-order valence-corrected chi connectivity index (χ0v) is 13.5. The SMILES string of the molecule is CCc1ocnc1C(=O)N1CCCn2nc(C(O)CC)cc2C1. The molecule has 3 rings (SSSR count). The van der Waals surface area contributed by atoms with Crippen LogP contribution in [-0.2, 0) is 19.5 Å². The van der Waals surface area contributed by atoms with Crippen LogP contribution in [0.25, 0.3) is 0 Å². The average molecular weight is 318 g/mol. The summed E-state index contributed by atoms with van der Waals surface area (Å²) in [4.78, 5) is 18.6. The summed E-state index contributed by atoms with van der Waals surface area (Å²) in [6, 6.07) is 1.89. The maximum Gasteiger partial charge on any atom is 0.276 e. The number of carbonyl (C=O) groups is 1. The van der Waals surface area contributed by atoms with Crippen LogP contribution in [0.5, 0.6) is 0 Å². The summed E-state index contributed by atoms with van der Waals surface area (Å²) in [5, 5.41) is 14.4. The molecule has 0 saturated carbocycles. The Morgan fingerprint density at radius 1 is 1.43 bits per heavy atom. The van der Waals surface area contributed by atoms with Crippen LogP contribution in [-0.4, -0.2) is 37.2 Å². The van der Waals surface area contributed by atoms with E-state index < -0.39 is 6.10 Å². The van der Waals surface area contributed by atoms with Gasteiger partial charge in [0, 0.05) is 19.5 Å². The van der Waals surface area contributed by atoms with Gasteiger partial charge in [0.2, 0.25) is 0 Å². The normalized spacial score (nSPS) is 16.0. The standard InChI is InChI=1S/C16H22N4O3/c1-3-13(21)12-8-11-9-19(6-5-7-20(11)18-12)16(22)15-14(4-2)23-10-17-15/h8,10,13,21H,3-7,9H2,1-2H3. The number of amides is 1. The molecule has 3 heterocycles. The van der Waals surface area contributed by atoms with E-state index in [2.05, 4.69) is 10.1 Å². The Bertz CT molecular complexity index is 691. The Balaban J connectivity index is 1.83. The molecule has 1 amide bonds. The molecular weight excluding hydrogens is 296 g/mol. The second-order valence-electron chi connectivity index (χ2n) is 5.77. The number of nitrogens with zero attached hydrogens (tertiary/aromatic N) is 4. The molecule has 1 aliphatic rings. The first kappa shape index (κ1) is 15.7. The highest BCUT2D eigenvalue weighted by molar-refractivity contribution is 5.93. The van der Waals surface area contributed by atoms with Crippen molar-refractivity contribution in [1.29, 1.82) is 0 Å². The molecule has 0 radical (unpaired) electrons. The van der Waals surface area contributed by atoms with Crippen LogP contribution in [0.1, 0.15) is 60.4 Å². The van der Waals surface area contributed by atoms with Gasteiger partial charge in [0.15, 0.2) is 12.1 Å². The molecule has 0 spiro atoms. The number of rotatable bonds is 4. The summed E-state index contributed by atoms with van der Waals surface area (Å²) in [5.41, 5.74) is 2.02. The van der Waals surface area contributed by atoms with Gasteiger partial charge < -0.3 is 14.4 Å². The fourth-order valence-corrected chi connectivity index (χ4v) is 2.88. The summed E-state index contributed by atoms with van der Waals surface area (Å²) in [5.74, 6) is 0.512. The number of aliphatic hydroxyl groups is 1. The molecular formula is C16H22N4O3. The first-order valence-electron chi connectivity index (χ1n) is 8.10. The van der Waals surface area contributed by atoms with Crippen LogP contribution in [0.3, 0.4) is 0 Å². The Labute approximate surface area is 134 Å². The van der Waals surface area contributed by atoms with Gasteiger partial charge in [-0.1, -0.05) is 13.8 Å². The Kier molecular flexibility index (Phi) is 4.47. The van der Waals surface area contributed by atoms with Gasteiger partial charge in [0.05, 0.1) is 24.0 Å². The van der Waals surface area contributed by atoms with Crippen molar-refractivity contribution in [2.24, 2.45) is 0 Å². The highest BCUT2D eigenvalue weighted by Crippen LogP contribution is 2.21. The number of aryl methyl sites for hydroxylation is 2. The van der Waals surface area contributed by atoms with Gasteiger partial charge in [0.25, 0.3) is 5.91 Å². The van der Waals surface area contributed by atoms with E-state index in [9.17, 15) is 9.90 Å². The Hall–Kier alpha value is -2.15. The van der Waals surface area contributed by atoms with Crippen LogP contribution in [0.2, 0.25) is 0 Å². The molecule has 0 aromatic carbocycles. The molecule has 0 fully saturated rings. The quantitative estimate of drug-likeness (QED) is 0.931. The third-order valence-electron chi connectivity index (χ3n) is 4.21. The van der Waals surface area contributed by atoms with Crippen molar-refractivity contribution >= 4 is 5.91 Å². The molecule has 1 unspecified atom stereocenters. The number of aliphatic hydroxyl groups excluding tert-OH is 1. The van der Waals surface area contributed by atoms with E-state index in [1.807, 2.05) is 24.6 Å². The van der Waals surface area contributed by atoms with Crippen molar-refractivity contribution < 1.29 is 14.3 Å². The molecule has 2 aromatic rings. The molecule has 1 aliphatic heterocycles. The minimum Gasteiger partial charge on any atom is -0.448 e. The lowest BCUT2D eigenvalue weighted by molar-refractivity contribution is 0.0738. The minimum atomic E-state index is -0.555. The van der Waals surface area contributed by atoms with Gasteiger partial charge >= 0.3 is 0 Å². The van der Waals surface area contributed by atoms with E-state index >= 15 is 0 Å². The topological polar surface area (TPSA) is 84.4 Å². The third-order valence-corrected chi connectivity index (χ3v) is 4.21. The fraction of sp³-hybridized carbons (Fsp3) is 0.562. The summed E-state index contributed by atoms with van der Waals surface area (Å²) in [6.45, 7) is 5.73. The lowest BCUT2D eigenvalue weighted by Gasteiger charge is -2.19. The van der Waals surface area contributed by atoms with Crippen LogP contribution in [0.4, 0.5) is 0 Å². The van der Waals surface area contributed by atoms with E-state index in [1.165, 1.54) is 6.39 Å². The van der Waals surface area contributed by atoms with Crippen molar-refractivity contribution in [1.82, 2.24) is 19.7 Å². The van der Waals surface area contributed by atoms with Gasteiger partial charge in [-0.05, 0) is 18.9 Å².